The number of halogens is 2. The van der Waals surface area contributed by atoms with Gasteiger partial charge in [-0.25, -0.2) is 4.39 Å². The lowest BCUT2D eigenvalue weighted by Crippen LogP contribution is -2.43. The van der Waals surface area contributed by atoms with Crippen molar-refractivity contribution in [3.63, 3.8) is 0 Å². The zero-order valence-corrected chi connectivity index (χ0v) is 16.0. The van der Waals surface area contributed by atoms with Gasteiger partial charge in [0.1, 0.15) is 5.82 Å². The van der Waals surface area contributed by atoms with Crippen LogP contribution < -0.4 is 0 Å². The van der Waals surface area contributed by atoms with Crippen LogP contribution in [-0.4, -0.2) is 41.8 Å². The summed E-state index contributed by atoms with van der Waals surface area (Å²) in [5, 5.41) is 0.672. The second-order valence-corrected chi connectivity index (χ2v) is 7.33. The fraction of sp³-hybridized carbons (Fsp3) is 0.333. The minimum atomic E-state index is -0.362. The number of benzene rings is 2. The molecule has 1 heterocycles. The van der Waals surface area contributed by atoms with Gasteiger partial charge >= 0.3 is 0 Å². The van der Waals surface area contributed by atoms with E-state index in [9.17, 15) is 14.0 Å². The number of hydrogen-bond acceptors (Lipinski definition) is 2. The Kier molecular flexibility index (Phi) is 6.11. The standard InChI is InChI=1S/C21H22ClFN2O2/c1-24(14-15-2-6-18(22)7-3-15)20(26)17-10-12-25(13-11-17)21(27)16-4-8-19(23)9-5-16/h2-9,17H,10-14H2,1H3. The molecule has 6 heteroatoms. The Bertz CT molecular complexity index is 800. The van der Waals surface area contributed by atoms with Gasteiger partial charge in [0.05, 0.1) is 0 Å². The predicted octanol–water partition coefficient (Wildman–Crippen LogP) is 3.99. The molecule has 0 unspecified atom stereocenters. The monoisotopic (exact) mass is 388 g/mol. The second-order valence-electron chi connectivity index (χ2n) is 6.89. The fourth-order valence-electron chi connectivity index (χ4n) is 3.36. The van der Waals surface area contributed by atoms with Gasteiger partial charge in [0.2, 0.25) is 5.91 Å². The van der Waals surface area contributed by atoms with Gasteiger partial charge in [-0.3, -0.25) is 9.59 Å². The molecule has 3 rings (SSSR count). The van der Waals surface area contributed by atoms with E-state index in [0.717, 1.165) is 5.56 Å². The van der Waals surface area contributed by atoms with Crippen molar-refractivity contribution >= 4 is 23.4 Å². The summed E-state index contributed by atoms with van der Waals surface area (Å²) in [5.74, 6) is -0.464. The fourth-order valence-corrected chi connectivity index (χ4v) is 3.48. The van der Waals surface area contributed by atoms with E-state index in [2.05, 4.69) is 0 Å². The van der Waals surface area contributed by atoms with Crippen LogP contribution in [0.25, 0.3) is 0 Å². The SMILES string of the molecule is CN(Cc1ccc(Cl)cc1)C(=O)C1CCN(C(=O)c2ccc(F)cc2)CC1. The first-order chi connectivity index (χ1) is 12.9. The van der Waals surface area contributed by atoms with Crippen molar-refractivity contribution in [3.8, 4) is 0 Å². The highest BCUT2D eigenvalue weighted by Crippen LogP contribution is 2.22. The van der Waals surface area contributed by atoms with Crippen LogP contribution in [0, 0.1) is 11.7 Å². The van der Waals surface area contributed by atoms with Gasteiger partial charge < -0.3 is 9.80 Å². The third-order valence-corrected chi connectivity index (χ3v) is 5.18. The maximum absolute atomic E-state index is 13.0. The lowest BCUT2D eigenvalue weighted by atomic mass is 9.94. The maximum Gasteiger partial charge on any atom is 0.253 e. The van der Waals surface area contributed by atoms with Gasteiger partial charge in [-0.2, -0.15) is 0 Å². The van der Waals surface area contributed by atoms with E-state index < -0.39 is 0 Å². The molecule has 0 radical (unpaired) electrons. The van der Waals surface area contributed by atoms with E-state index >= 15 is 0 Å². The minimum absolute atomic E-state index is 0.0837. The molecule has 0 aromatic heterocycles. The molecular weight excluding hydrogens is 367 g/mol. The molecular formula is C21H22ClFN2O2. The summed E-state index contributed by atoms with van der Waals surface area (Å²) in [7, 11) is 1.80. The molecule has 2 aromatic carbocycles. The third kappa shape index (κ3) is 4.86. The molecule has 0 bridgehead atoms. The Morgan fingerprint density at radius 1 is 1.07 bits per heavy atom. The van der Waals surface area contributed by atoms with Gasteiger partial charge in [0, 0.05) is 43.2 Å². The highest BCUT2D eigenvalue weighted by atomic mass is 35.5. The van der Waals surface area contributed by atoms with Crippen LogP contribution in [0.4, 0.5) is 4.39 Å². The molecule has 4 nitrogen and oxygen atoms in total. The summed E-state index contributed by atoms with van der Waals surface area (Å²) in [6, 6.07) is 13.0. The molecule has 1 aliphatic rings. The predicted molar refractivity (Wildman–Crippen MR) is 103 cm³/mol. The Morgan fingerprint density at radius 3 is 2.26 bits per heavy atom. The van der Waals surface area contributed by atoms with E-state index in [-0.39, 0.29) is 23.5 Å². The number of amides is 2. The van der Waals surface area contributed by atoms with Crippen molar-refractivity contribution in [2.45, 2.75) is 19.4 Å². The van der Waals surface area contributed by atoms with Crippen LogP contribution >= 0.6 is 11.6 Å². The largest absolute Gasteiger partial charge is 0.341 e. The molecule has 0 atom stereocenters. The summed E-state index contributed by atoms with van der Waals surface area (Å²) in [5.41, 5.74) is 1.50. The number of likely N-dealkylation sites (tertiary alicyclic amines) is 1. The van der Waals surface area contributed by atoms with E-state index in [4.69, 9.17) is 11.6 Å². The first kappa shape index (κ1) is 19.4. The van der Waals surface area contributed by atoms with Crippen LogP contribution in [0.3, 0.4) is 0 Å². The smallest absolute Gasteiger partial charge is 0.253 e. The molecule has 0 aliphatic carbocycles. The molecule has 2 amide bonds. The topological polar surface area (TPSA) is 40.6 Å². The van der Waals surface area contributed by atoms with E-state index in [1.54, 1.807) is 16.8 Å². The van der Waals surface area contributed by atoms with Crippen LogP contribution in [0.15, 0.2) is 48.5 Å². The van der Waals surface area contributed by atoms with Gasteiger partial charge in [-0.1, -0.05) is 23.7 Å². The van der Waals surface area contributed by atoms with Gasteiger partial charge in [0.15, 0.2) is 0 Å². The zero-order valence-electron chi connectivity index (χ0n) is 15.2. The van der Waals surface area contributed by atoms with Gasteiger partial charge in [-0.05, 0) is 54.8 Å². The quantitative estimate of drug-likeness (QED) is 0.794. The van der Waals surface area contributed by atoms with Crippen LogP contribution in [-0.2, 0) is 11.3 Å². The molecule has 0 N–H and O–H groups in total. The van der Waals surface area contributed by atoms with Crippen molar-refractivity contribution in [1.29, 1.82) is 0 Å². The summed E-state index contributed by atoms with van der Waals surface area (Å²) in [6.07, 6.45) is 1.27. The Labute approximate surface area is 163 Å². The number of carbonyl (C=O) groups is 2. The average molecular weight is 389 g/mol. The number of carbonyl (C=O) groups excluding carboxylic acids is 2. The van der Waals surface area contributed by atoms with Crippen molar-refractivity contribution in [2.75, 3.05) is 20.1 Å². The number of rotatable bonds is 4. The van der Waals surface area contributed by atoms with Crippen molar-refractivity contribution in [2.24, 2.45) is 5.92 Å². The lowest BCUT2D eigenvalue weighted by Gasteiger charge is -2.33. The molecule has 27 heavy (non-hydrogen) atoms. The van der Waals surface area contributed by atoms with E-state index in [0.29, 0.717) is 43.1 Å². The Morgan fingerprint density at radius 2 is 1.67 bits per heavy atom. The highest BCUT2D eigenvalue weighted by Gasteiger charge is 2.29. The van der Waals surface area contributed by atoms with Crippen molar-refractivity contribution in [1.82, 2.24) is 9.80 Å². The van der Waals surface area contributed by atoms with Crippen molar-refractivity contribution in [3.05, 3.63) is 70.5 Å². The molecule has 0 spiro atoms. The Balaban J connectivity index is 1.53. The van der Waals surface area contributed by atoms with E-state index in [1.165, 1.54) is 24.3 Å². The number of piperidine rings is 1. The minimum Gasteiger partial charge on any atom is -0.341 e. The first-order valence-corrected chi connectivity index (χ1v) is 9.36. The normalized spacial score (nSPS) is 14.9. The average Bonchev–Trinajstić information content (AvgIpc) is 2.69. The molecule has 1 fully saturated rings. The third-order valence-electron chi connectivity index (χ3n) is 4.93. The molecule has 2 aromatic rings. The summed E-state index contributed by atoms with van der Waals surface area (Å²) in [6.45, 7) is 1.59. The van der Waals surface area contributed by atoms with Crippen LogP contribution in [0.5, 0.6) is 0 Å². The molecule has 0 saturated carbocycles. The van der Waals surface area contributed by atoms with Crippen LogP contribution in [0.2, 0.25) is 5.02 Å². The maximum atomic E-state index is 13.0. The summed E-state index contributed by atoms with van der Waals surface area (Å²) in [4.78, 5) is 28.7. The number of hydrogen-bond donors (Lipinski definition) is 0. The number of nitrogens with zero attached hydrogens (tertiary/aromatic N) is 2. The van der Waals surface area contributed by atoms with Crippen LogP contribution in [0.1, 0.15) is 28.8 Å². The highest BCUT2D eigenvalue weighted by molar-refractivity contribution is 6.30. The van der Waals surface area contributed by atoms with E-state index in [1.807, 2.05) is 24.3 Å². The van der Waals surface area contributed by atoms with Gasteiger partial charge in [0.25, 0.3) is 5.91 Å². The second kappa shape index (κ2) is 8.53. The lowest BCUT2D eigenvalue weighted by molar-refractivity contribution is -0.136. The van der Waals surface area contributed by atoms with Crippen molar-refractivity contribution < 1.29 is 14.0 Å². The zero-order chi connectivity index (χ0) is 19.4. The molecule has 142 valence electrons. The summed E-state index contributed by atoms with van der Waals surface area (Å²) >= 11 is 5.89. The first-order valence-electron chi connectivity index (χ1n) is 8.98. The van der Waals surface area contributed by atoms with Gasteiger partial charge in [-0.15, -0.1) is 0 Å². The molecule has 1 aliphatic heterocycles. The summed E-state index contributed by atoms with van der Waals surface area (Å²) < 4.78 is 13.0. The molecule has 1 saturated heterocycles. The Hall–Kier alpha value is -2.40.